The summed E-state index contributed by atoms with van der Waals surface area (Å²) in [5, 5.41) is 6.33. The topological polar surface area (TPSA) is 105 Å². The van der Waals surface area contributed by atoms with E-state index in [0.29, 0.717) is 41.0 Å². The van der Waals surface area contributed by atoms with E-state index in [-0.39, 0.29) is 17.5 Å². The Labute approximate surface area is 195 Å². The van der Waals surface area contributed by atoms with Crippen LogP contribution in [0.5, 0.6) is 0 Å². The number of benzene rings is 1. The van der Waals surface area contributed by atoms with E-state index in [1.165, 1.54) is 18.5 Å². The SMILES string of the molecule is CCOC(=O)CNCC1CCN(c2ncc3ncnc(Nc4ccc(F)c(Cl)c4)c3n2)CC1. The molecule has 1 fully saturated rings. The first kappa shape index (κ1) is 23.1. The molecule has 9 nitrogen and oxygen atoms in total. The maximum atomic E-state index is 13.5. The van der Waals surface area contributed by atoms with Crippen molar-refractivity contribution >= 4 is 46.1 Å². The van der Waals surface area contributed by atoms with Crippen LogP contribution < -0.4 is 15.5 Å². The van der Waals surface area contributed by atoms with E-state index in [1.54, 1.807) is 19.2 Å². The average Bonchev–Trinajstić information content (AvgIpc) is 2.82. The molecule has 4 rings (SSSR count). The molecule has 0 spiro atoms. The number of nitrogens with zero attached hydrogens (tertiary/aromatic N) is 5. The molecule has 2 N–H and O–H groups in total. The van der Waals surface area contributed by atoms with Gasteiger partial charge in [0.15, 0.2) is 5.82 Å². The lowest BCUT2D eigenvalue weighted by molar-refractivity contribution is -0.142. The van der Waals surface area contributed by atoms with Crippen LogP contribution in [0.3, 0.4) is 0 Å². The van der Waals surface area contributed by atoms with Gasteiger partial charge in [-0.2, -0.15) is 0 Å². The van der Waals surface area contributed by atoms with Crippen LogP contribution >= 0.6 is 11.6 Å². The zero-order valence-electron chi connectivity index (χ0n) is 18.2. The minimum absolute atomic E-state index is 0.0216. The first-order valence-corrected chi connectivity index (χ1v) is 11.2. The van der Waals surface area contributed by atoms with Crippen LogP contribution in [0.1, 0.15) is 19.8 Å². The van der Waals surface area contributed by atoms with Crippen LogP contribution in [0.4, 0.5) is 21.8 Å². The summed E-state index contributed by atoms with van der Waals surface area (Å²) in [6, 6.07) is 4.37. The number of carbonyl (C=O) groups is 1. The zero-order valence-corrected chi connectivity index (χ0v) is 19.0. The summed E-state index contributed by atoms with van der Waals surface area (Å²) in [6.45, 7) is 4.81. The van der Waals surface area contributed by atoms with Gasteiger partial charge in [0, 0.05) is 18.8 Å². The van der Waals surface area contributed by atoms with Crippen molar-refractivity contribution < 1.29 is 13.9 Å². The molecule has 0 unspecified atom stereocenters. The van der Waals surface area contributed by atoms with Crippen molar-refractivity contribution in [3.05, 3.63) is 41.6 Å². The van der Waals surface area contributed by atoms with Crippen LogP contribution in [0, 0.1) is 11.7 Å². The van der Waals surface area contributed by atoms with Crippen molar-refractivity contribution in [3.63, 3.8) is 0 Å². The van der Waals surface area contributed by atoms with E-state index in [1.807, 2.05) is 0 Å². The molecule has 1 aliphatic rings. The van der Waals surface area contributed by atoms with E-state index in [0.717, 1.165) is 32.5 Å². The lowest BCUT2D eigenvalue weighted by atomic mass is 9.97. The molecule has 0 saturated carbocycles. The van der Waals surface area contributed by atoms with Gasteiger partial charge in [-0.05, 0) is 50.4 Å². The van der Waals surface area contributed by atoms with Crippen LogP contribution in [-0.2, 0) is 9.53 Å². The fourth-order valence-corrected chi connectivity index (χ4v) is 3.91. The minimum Gasteiger partial charge on any atom is -0.465 e. The number of halogens is 2. The van der Waals surface area contributed by atoms with Crippen molar-refractivity contribution in [1.82, 2.24) is 25.3 Å². The molecule has 33 heavy (non-hydrogen) atoms. The highest BCUT2D eigenvalue weighted by Gasteiger charge is 2.22. The third-order valence-corrected chi connectivity index (χ3v) is 5.74. The Morgan fingerprint density at radius 3 is 2.85 bits per heavy atom. The summed E-state index contributed by atoms with van der Waals surface area (Å²) in [4.78, 5) is 31.3. The number of aromatic nitrogens is 4. The molecule has 1 saturated heterocycles. The van der Waals surface area contributed by atoms with Gasteiger partial charge in [0.25, 0.3) is 0 Å². The molecule has 2 aromatic heterocycles. The Hall–Kier alpha value is -3.11. The second-order valence-corrected chi connectivity index (χ2v) is 8.15. The van der Waals surface area contributed by atoms with Gasteiger partial charge in [-0.25, -0.2) is 24.3 Å². The molecule has 1 aliphatic heterocycles. The number of fused-ring (bicyclic) bond motifs is 1. The average molecular weight is 474 g/mol. The first-order valence-electron chi connectivity index (χ1n) is 10.8. The molecule has 0 amide bonds. The van der Waals surface area contributed by atoms with Crippen LogP contribution in [0.2, 0.25) is 5.02 Å². The molecular weight excluding hydrogens is 449 g/mol. The van der Waals surface area contributed by atoms with Crippen LogP contribution in [0.15, 0.2) is 30.7 Å². The predicted octanol–water partition coefficient (Wildman–Crippen LogP) is 3.33. The van der Waals surface area contributed by atoms with Gasteiger partial charge in [-0.15, -0.1) is 0 Å². The normalized spacial score (nSPS) is 14.5. The monoisotopic (exact) mass is 473 g/mol. The van der Waals surface area contributed by atoms with E-state index in [4.69, 9.17) is 21.3 Å². The van der Waals surface area contributed by atoms with Crippen LogP contribution in [-0.4, -0.2) is 58.7 Å². The number of rotatable bonds is 8. The van der Waals surface area contributed by atoms with Gasteiger partial charge in [-0.3, -0.25) is 4.79 Å². The van der Waals surface area contributed by atoms with Crippen LogP contribution in [0.25, 0.3) is 11.0 Å². The summed E-state index contributed by atoms with van der Waals surface area (Å²) >= 11 is 5.89. The van der Waals surface area contributed by atoms with E-state index in [2.05, 4.69) is 30.5 Å². The molecule has 0 atom stereocenters. The van der Waals surface area contributed by atoms with Gasteiger partial charge in [0.2, 0.25) is 5.95 Å². The molecule has 0 aliphatic carbocycles. The van der Waals surface area contributed by atoms with E-state index in [9.17, 15) is 9.18 Å². The molecule has 174 valence electrons. The van der Waals surface area contributed by atoms with Gasteiger partial charge >= 0.3 is 5.97 Å². The summed E-state index contributed by atoms with van der Waals surface area (Å²) < 4.78 is 18.4. The number of ether oxygens (including phenoxy) is 1. The fourth-order valence-electron chi connectivity index (χ4n) is 3.73. The lowest BCUT2D eigenvalue weighted by Crippen LogP contribution is -2.39. The largest absolute Gasteiger partial charge is 0.465 e. The predicted molar refractivity (Wildman–Crippen MR) is 124 cm³/mol. The Morgan fingerprint density at radius 1 is 1.27 bits per heavy atom. The van der Waals surface area contributed by atoms with Crippen molar-refractivity contribution in [3.8, 4) is 0 Å². The highest BCUT2D eigenvalue weighted by Crippen LogP contribution is 2.27. The molecule has 0 bridgehead atoms. The maximum Gasteiger partial charge on any atom is 0.319 e. The second kappa shape index (κ2) is 10.7. The van der Waals surface area contributed by atoms with Gasteiger partial charge in [0.1, 0.15) is 23.2 Å². The van der Waals surface area contributed by atoms with Crippen molar-refractivity contribution in [2.45, 2.75) is 19.8 Å². The second-order valence-electron chi connectivity index (χ2n) is 7.75. The lowest BCUT2D eigenvalue weighted by Gasteiger charge is -2.32. The van der Waals surface area contributed by atoms with Gasteiger partial charge in [-0.1, -0.05) is 11.6 Å². The highest BCUT2D eigenvalue weighted by molar-refractivity contribution is 6.31. The number of hydrogen-bond donors (Lipinski definition) is 2. The summed E-state index contributed by atoms with van der Waals surface area (Å²) in [5.74, 6) is 0.854. The molecule has 1 aromatic carbocycles. The minimum atomic E-state index is -0.487. The van der Waals surface area contributed by atoms with Gasteiger partial charge < -0.3 is 20.3 Å². The highest BCUT2D eigenvalue weighted by atomic mass is 35.5. The summed E-state index contributed by atoms with van der Waals surface area (Å²) in [7, 11) is 0. The molecule has 3 aromatic rings. The molecule has 0 radical (unpaired) electrons. The van der Waals surface area contributed by atoms with Gasteiger partial charge in [0.05, 0.1) is 24.4 Å². The smallest absolute Gasteiger partial charge is 0.319 e. The fraction of sp³-hybridized carbons (Fsp3) is 0.409. The third-order valence-electron chi connectivity index (χ3n) is 5.45. The Morgan fingerprint density at radius 2 is 2.09 bits per heavy atom. The number of carbonyl (C=O) groups excluding carboxylic acids is 1. The standard InChI is InChI=1S/C22H25ClFN7O2/c1-2-33-19(32)12-25-10-14-5-7-31(8-6-14)22-26-11-18-20(30-22)21(28-13-27-18)29-15-3-4-17(24)16(23)9-15/h3-4,9,11,13-14,25H,2,5-8,10,12H2,1H3,(H,27,28,29). The zero-order chi connectivity index (χ0) is 23.2. The van der Waals surface area contributed by atoms with E-state index >= 15 is 0 Å². The molecule has 3 heterocycles. The number of esters is 1. The number of hydrogen-bond acceptors (Lipinski definition) is 9. The Kier molecular flexibility index (Phi) is 7.46. The van der Waals surface area contributed by atoms with Crippen molar-refractivity contribution in [2.24, 2.45) is 5.92 Å². The number of piperidine rings is 1. The summed E-state index contributed by atoms with van der Waals surface area (Å²) in [6.07, 6.45) is 5.02. The first-order chi connectivity index (χ1) is 16.0. The number of nitrogens with one attached hydrogen (secondary N) is 2. The maximum absolute atomic E-state index is 13.5. The summed E-state index contributed by atoms with van der Waals surface area (Å²) in [5.41, 5.74) is 1.77. The quantitative estimate of drug-likeness (QED) is 0.476. The Bertz CT molecular complexity index is 1130. The van der Waals surface area contributed by atoms with Crippen molar-refractivity contribution in [1.29, 1.82) is 0 Å². The van der Waals surface area contributed by atoms with E-state index < -0.39 is 5.82 Å². The molecule has 11 heteroatoms. The molecular formula is C22H25ClFN7O2. The Balaban J connectivity index is 1.41. The number of anilines is 3. The third kappa shape index (κ3) is 5.82. The van der Waals surface area contributed by atoms with Crippen molar-refractivity contribution in [2.75, 3.05) is 43.0 Å².